The van der Waals surface area contributed by atoms with E-state index < -0.39 is 16.1 Å². The Morgan fingerprint density at radius 3 is 2.32 bits per heavy atom. The van der Waals surface area contributed by atoms with Gasteiger partial charge in [-0.2, -0.15) is 4.31 Å². The third kappa shape index (κ3) is 5.05. The van der Waals surface area contributed by atoms with Crippen molar-refractivity contribution in [2.24, 2.45) is 5.92 Å². The van der Waals surface area contributed by atoms with Crippen molar-refractivity contribution in [2.45, 2.75) is 32.3 Å². The molecule has 1 aromatic rings. The highest BCUT2D eigenvalue weighted by Gasteiger charge is 2.27. The van der Waals surface area contributed by atoms with E-state index in [1.165, 1.54) is 15.5 Å². The monoisotopic (exact) mass is 408 g/mol. The van der Waals surface area contributed by atoms with Gasteiger partial charge in [-0.1, -0.05) is 18.2 Å². The van der Waals surface area contributed by atoms with Crippen molar-refractivity contribution >= 4 is 21.7 Å². The third-order valence-electron chi connectivity index (χ3n) is 5.66. The molecule has 0 saturated carbocycles. The van der Waals surface area contributed by atoms with Crippen molar-refractivity contribution in [3.05, 3.63) is 35.9 Å². The van der Waals surface area contributed by atoms with Crippen LogP contribution in [0.5, 0.6) is 5.75 Å². The van der Waals surface area contributed by atoms with Crippen molar-refractivity contribution in [3.63, 3.8) is 0 Å². The van der Waals surface area contributed by atoms with E-state index in [-0.39, 0.29) is 6.10 Å². The van der Waals surface area contributed by atoms with E-state index in [4.69, 9.17) is 9.84 Å². The first-order valence-electron chi connectivity index (χ1n) is 9.63. The van der Waals surface area contributed by atoms with Crippen LogP contribution in [0.3, 0.4) is 0 Å². The number of hydrogen-bond acceptors (Lipinski definition) is 4. The molecule has 154 valence electrons. The molecule has 0 spiro atoms. The van der Waals surface area contributed by atoms with Gasteiger partial charge in [0.15, 0.2) is 0 Å². The second-order valence-electron chi connectivity index (χ2n) is 7.55. The zero-order valence-corrected chi connectivity index (χ0v) is 17.2. The molecule has 1 amide bonds. The minimum absolute atomic E-state index is 0.0269. The van der Waals surface area contributed by atoms with Crippen LogP contribution in [0, 0.1) is 5.92 Å². The summed E-state index contributed by atoms with van der Waals surface area (Å²) in [6, 6.07) is 7.91. The Morgan fingerprint density at radius 2 is 1.82 bits per heavy atom. The Bertz CT molecular complexity index is 827. The van der Waals surface area contributed by atoms with Gasteiger partial charge in [-0.3, -0.25) is 0 Å². The summed E-state index contributed by atoms with van der Waals surface area (Å²) >= 11 is 0. The summed E-state index contributed by atoms with van der Waals surface area (Å²) in [6.45, 7) is 4.09. The van der Waals surface area contributed by atoms with Crippen LogP contribution in [0.2, 0.25) is 0 Å². The van der Waals surface area contributed by atoms with Crippen LogP contribution in [0.25, 0.3) is 5.57 Å². The number of likely N-dealkylation sites (tertiary alicyclic amines) is 1. The molecule has 1 atom stereocenters. The second kappa shape index (κ2) is 8.53. The van der Waals surface area contributed by atoms with Crippen molar-refractivity contribution in [3.8, 4) is 5.75 Å². The lowest BCUT2D eigenvalue weighted by Crippen LogP contribution is -2.41. The summed E-state index contributed by atoms with van der Waals surface area (Å²) in [5, 5.41) is 9.04. The maximum atomic E-state index is 11.6. The molecular weight excluding hydrogens is 380 g/mol. The molecule has 1 saturated heterocycles. The molecule has 7 nitrogen and oxygen atoms in total. The molecule has 0 radical (unpaired) electrons. The average Bonchev–Trinajstić information content (AvgIpc) is 2.68. The number of hydrogen-bond donors (Lipinski definition) is 1. The summed E-state index contributed by atoms with van der Waals surface area (Å²) in [5.41, 5.74) is 2.24. The molecule has 3 rings (SSSR count). The van der Waals surface area contributed by atoms with E-state index >= 15 is 0 Å². The Labute approximate surface area is 166 Å². The summed E-state index contributed by atoms with van der Waals surface area (Å²) in [7, 11) is -3.14. The first-order valence-corrected chi connectivity index (χ1v) is 11.5. The molecule has 2 heterocycles. The first kappa shape index (κ1) is 20.7. The van der Waals surface area contributed by atoms with Crippen molar-refractivity contribution < 1.29 is 23.1 Å². The molecule has 0 bridgehead atoms. The number of ether oxygens (including phenoxy) is 1. The lowest BCUT2D eigenvalue weighted by atomic mass is 9.92. The average molecular weight is 409 g/mol. The van der Waals surface area contributed by atoms with Gasteiger partial charge < -0.3 is 14.7 Å². The Balaban J connectivity index is 1.55. The summed E-state index contributed by atoms with van der Waals surface area (Å²) in [4.78, 5) is 12.5. The third-order valence-corrected chi connectivity index (χ3v) is 6.93. The number of amides is 1. The normalized spacial score (nSPS) is 20.5. The van der Waals surface area contributed by atoms with E-state index in [1.807, 2.05) is 37.3 Å². The van der Waals surface area contributed by atoms with Crippen LogP contribution in [-0.2, 0) is 10.0 Å². The maximum absolute atomic E-state index is 11.6. The molecule has 28 heavy (non-hydrogen) atoms. The predicted molar refractivity (Wildman–Crippen MR) is 108 cm³/mol. The van der Waals surface area contributed by atoms with Gasteiger partial charge in [0.2, 0.25) is 10.0 Å². The molecule has 0 aromatic heterocycles. The highest BCUT2D eigenvalue weighted by atomic mass is 32.2. The zero-order chi connectivity index (χ0) is 20.3. The fourth-order valence-electron chi connectivity index (χ4n) is 3.83. The fourth-order valence-corrected chi connectivity index (χ4v) is 4.60. The van der Waals surface area contributed by atoms with Gasteiger partial charge in [0.25, 0.3) is 0 Å². The molecular formula is C20H28N2O5S. The van der Waals surface area contributed by atoms with Gasteiger partial charge in [0, 0.05) is 26.2 Å². The van der Waals surface area contributed by atoms with E-state index in [9.17, 15) is 13.2 Å². The Morgan fingerprint density at radius 1 is 1.18 bits per heavy atom. The molecule has 1 fully saturated rings. The van der Waals surface area contributed by atoms with Crippen LogP contribution in [0.1, 0.15) is 31.7 Å². The number of piperidine rings is 1. The van der Waals surface area contributed by atoms with Gasteiger partial charge in [0.05, 0.1) is 12.4 Å². The number of benzene rings is 1. The maximum Gasteiger partial charge on any atom is 0.407 e. The van der Waals surface area contributed by atoms with Crippen LogP contribution >= 0.6 is 0 Å². The highest BCUT2D eigenvalue weighted by molar-refractivity contribution is 7.88. The second-order valence-corrected chi connectivity index (χ2v) is 9.54. The Hall–Kier alpha value is -2.06. The van der Waals surface area contributed by atoms with E-state index in [0.29, 0.717) is 38.5 Å². The van der Waals surface area contributed by atoms with Crippen LogP contribution in [0.15, 0.2) is 30.3 Å². The highest BCUT2D eigenvalue weighted by Crippen LogP contribution is 2.28. The van der Waals surface area contributed by atoms with Crippen molar-refractivity contribution in [1.29, 1.82) is 0 Å². The van der Waals surface area contributed by atoms with Crippen LogP contribution in [0.4, 0.5) is 4.79 Å². The van der Waals surface area contributed by atoms with Crippen LogP contribution in [-0.4, -0.2) is 67.4 Å². The van der Waals surface area contributed by atoms with Gasteiger partial charge in [-0.05, 0) is 55.4 Å². The summed E-state index contributed by atoms with van der Waals surface area (Å²) in [5.74, 6) is 1.14. The van der Waals surface area contributed by atoms with Gasteiger partial charge in [-0.25, -0.2) is 13.2 Å². The minimum Gasteiger partial charge on any atom is -0.490 e. The molecule has 2 aliphatic heterocycles. The summed E-state index contributed by atoms with van der Waals surface area (Å²) < 4.78 is 30.8. The van der Waals surface area contributed by atoms with Crippen molar-refractivity contribution in [2.75, 3.05) is 32.4 Å². The van der Waals surface area contributed by atoms with E-state index in [1.54, 1.807) is 0 Å². The number of rotatable bonds is 5. The molecule has 1 unspecified atom stereocenters. The van der Waals surface area contributed by atoms with E-state index in [0.717, 1.165) is 29.7 Å². The minimum atomic E-state index is -3.14. The Kier molecular flexibility index (Phi) is 6.30. The number of carbonyl (C=O) groups is 1. The van der Waals surface area contributed by atoms with E-state index in [2.05, 4.69) is 0 Å². The first-order chi connectivity index (χ1) is 13.2. The molecule has 0 aliphatic carbocycles. The quantitative estimate of drug-likeness (QED) is 0.809. The number of sulfonamides is 1. The van der Waals surface area contributed by atoms with Gasteiger partial charge in [0.1, 0.15) is 5.75 Å². The van der Waals surface area contributed by atoms with Gasteiger partial charge >= 0.3 is 6.09 Å². The molecule has 1 N–H and O–H groups in total. The largest absolute Gasteiger partial charge is 0.490 e. The smallest absolute Gasteiger partial charge is 0.407 e. The summed E-state index contributed by atoms with van der Waals surface area (Å²) in [6.07, 6.45) is 4.72. The molecule has 2 aliphatic rings. The zero-order valence-electron chi connectivity index (χ0n) is 16.4. The number of carboxylic acid groups (broad SMARTS) is 1. The lowest BCUT2D eigenvalue weighted by Gasteiger charge is -2.33. The standard InChI is InChI=1S/C20H28N2O5S/c1-15(16-7-11-21(12-8-16)20(23)24)27-19-5-3-17(4-6-19)18-9-13-22(14-10-18)28(2,25)26/h3-6,9,15-16H,7-8,10-14H2,1-2H3,(H,23,24). The molecule has 8 heteroatoms. The molecule has 1 aromatic carbocycles. The topological polar surface area (TPSA) is 87.2 Å². The van der Waals surface area contributed by atoms with Crippen LogP contribution < -0.4 is 4.74 Å². The lowest BCUT2D eigenvalue weighted by molar-refractivity contribution is 0.0813. The SMILES string of the molecule is CC(Oc1ccc(C2=CCN(S(C)(=O)=O)CC2)cc1)C1CCN(C(=O)O)CC1. The fraction of sp³-hybridized carbons (Fsp3) is 0.550. The van der Waals surface area contributed by atoms with Gasteiger partial charge in [-0.15, -0.1) is 0 Å². The predicted octanol–water partition coefficient (Wildman–Crippen LogP) is 2.89. The van der Waals surface area contributed by atoms with Crippen molar-refractivity contribution in [1.82, 2.24) is 9.21 Å². The number of nitrogens with zero attached hydrogens (tertiary/aromatic N) is 2.